The summed E-state index contributed by atoms with van der Waals surface area (Å²) in [5.41, 5.74) is 7.51. The van der Waals surface area contributed by atoms with Gasteiger partial charge in [-0.15, -0.1) is 0 Å². The minimum atomic E-state index is -0.563. The molecule has 0 spiro atoms. The second-order valence-electron chi connectivity index (χ2n) is 5.14. The topological polar surface area (TPSA) is 46.3 Å². The lowest BCUT2D eigenvalue weighted by atomic mass is 9.67. The summed E-state index contributed by atoms with van der Waals surface area (Å²) in [6.45, 7) is 0.753. The zero-order valence-electron chi connectivity index (χ0n) is 10.2. The molecule has 0 bridgehead atoms. The van der Waals surface area contributed by atoms with E-state index in [4.69, 9.17) is 18.0 Å². The number of hydrogen-bond acceptors (Lipinski definition) is 2. The fraction of sp³-hybridized carbons (Fsp3) is 0.429. The summed E-state index contributed by atoms with van der Waals surface area (Å²) in [6, 6.07) is 8.07. The van der Waals surface area contributed by atoms with Gasteiger partial charge in [0.25, 0.3) is 0 Å². The van der Waals surface area contributed by atoms with Crippen LogP contribution in [-0.4, -0.2) is 17.4 Å². The first kappa shape index (κ1) is 11.7. The average molecular weight is 260 g/mol. The van der Waals surface area contributed by atoms with Crippen LogP contribution in [0.4, 0.5) is 5.69 Å². The smallest absolute Gasteiger partial charge is 0.240 e. The van der Waals surface area contributed by atoms with Gasteiger partial charge in [-0.3, -0.25) is 4.79 Å². The van der Waals surface area contributed by atoms with E-state index in [1.807, 2.05) is 23.1 Å². The summed E-state index contributed by atoms with van der Waals surface area (Å²) < 4.78 is 0. The predicted octanol–water partition coefficient (Wildman–Crippen LogP) is 2.03. The normalized spacial score (nSPS) is 20.1. The van der Waals surface area contributed by atoms with Crippen molar-refractivity contribution in [1.29, 1.82) is 0 Å². The fourth-order valence-corrected chi connectivity index (χ4v) is 3.19. The Bertz CT molecular complexity index is 522. The lowest BCUT2D eigenvalue weighted by Crippen LogP contribution is -2.54. The number of anilines is 1. The second-order valence-corrected chi connectivity index (χ2v) is 5.58. The number of fused-ring (bicyclic) bond motifs is 1. The number of hydrogen-bond donors (Lipinski definition) is 1. The Morgan fingerprint density at radius 1 is 1.33 bits per heavy atom. The van der Waals surface area contributed by atoms with Gasteiger partial charge in [-0.2, -0.15) is 0 Å². The minimum absolute atomic E-state index is 0.103. The van der Waals surface area contributed by atoms with Crippen LogP contribution in [0, 0.1) is 5.41 Å². The summed E-state index contributed by atoms with van der Waals surface area (Å²) in [6.07, 6.45) is 3.58. The van der Waals surface area contributed by atoms with E-state index >= 15 is 0 Å². The average Bonchev–Trinajstić information content (AvgIpc) is 2.70. The summed E-state index contributed by atoms with van der Waals surface area (Å²) in [4.78, 5) is 14.9. The molecule has 1 aliphatic carbocycles. The molecule has 0 aromatic heterocycles. The molecule has 1 heterocycles. The summed E-state index contributed by atoms with van der Waals surface area (Å²) in [7, 11) is 0. The SMILES string of the molecule is NC(=S)C1(C(=O)N2CCc3ccccc32)CCC1. The zero-order valence-corrected chi connectivity index (χ0v) is 11.0. The monoisotopic (exact) mass is 260 g/mol. The summed E-state index contributed by atoms with van der Waals surface area (Å²) in [5.74, 6) is 0.103. The lowest BCUT2D eigenvalue weighted by Gasteiger charge is -2.41. The Balaban J connectivity index is 1.93. The molecule has 1 saturated carbocycles. The lowest BCUT2D eigenvalue weighted by molar-refractivity contribution is -0.127. The van der Waals surface area contributed by atoms with E-state index in [0.29, 0.717) is 4.99 Å². The molecule has 0 unspecified atom stereocenters. The number of benzene rings is 1. The molecule has 4 heteroatoms. The first-order chi connectivity index (χ1) is 8.65. The van der Waals surface area contributed by atoms with Gasteiger partial charge in [0.1, 0.15) is 0 Å². The Morgan fingerprint density at radius 3 is 2.67 bits per heavy atom. The quantitative estimate of drug-likeness (QED) is 0.828. The van der Waals surface area contributed by atoms with E-state index in [0.717, 1.165) is 37.9 Å². The molecule has 0 saturated heterocycles. The van der Waals surface area contributed by atoms with Crippen LogP contribution in [0.1, 0.15) is 24.8 Å². The van der Waals surface area contributed by atoms with Crippen molar-refractivity contribution in [2.75, 3.05) is 11.4 Å². The van der Waals surface area contributed by atoms with E-state index in [2.05, 4.69) is 6.07 Å². The van der Waals surface area contributed by atoms with Crippen molar-refractivity contribution < 1.29 is 4.79 Å². The Kier molecular flexibility index (Phi) is 2.63. The van der Waals surface area contributed by atoms with Crippen LogP contribution in [-0.2, 0) is 11.2 Å². The molecule has 2 aliphatic rings. The van der Waals surface area contributed by atoms with Crippen LogP contribution in [0.3, 0.4) is 0 Å². The number of carbonyl (C=O) groups is 1. The van der Waals surface area contributed by atoms with Gasteiger partial charge in [0.05, 0.1) is 10.4 Å². The van der Waals surface area contributed by atoms with E-state index in [1.165, 1.54) is 5.56 Å². The van der Waals surface area contributed by atoms with Gasteiger partial charge >= 0.3 is 0 Å². The molecule has 2 N–H and O–H groups in total. The van der Waals surface area contributed by atoms with Crippen LogP contribution in [0.5, 0.6) is 0 Å². The third-order valence-electron chi connectivity index (χ3n) is 4.22. The maximum absolute atomic E-state index is 12.7. The number of para-hydroxylation sites is 1. The van der Waals surface area contributed by atoms with Gasteiger partial charge in [-0.05, 0) is 30.9 Å². The fourth-order valence-electron chi connectivity index (χ4n) is 2.90. The van der Waals surface area contributed by atoms with Crippen molar-refractivity contribution in [3.05, 3.63) is 29.8 Å². The van der Waals surface area contributed by atoms with Crippen molar-refractivity contribution in [1.82, 2.24) is 0 Å². The Morgan fingerprint density at radius 2 is 2.06 bits per heavy atom. The highest BCUT2D eigenvalue weighted by atomic mass is 32.1. The molecule has 0 atom stereocenters. The molecule has 1 amide bonds. The number of carbonyl (C=O) groups excluding carboxylic acids is 1. The highest BCUT2D eigenvalue weighted by molar-refractivity contribution is 7.80. The molecule has 1 fully saturated rings. The van der Waals surface area contributed by atoms with E-state index < -0.39 is 5.41 Å². The van der Waals surface area contributed by atoms with Gasteiger partial charge in [-0.25, -0.2) is 0 Å². The first-order valence-corrected chi connectivity index (χ1v) is 6.76. The first-order valence-electron chi connectivity index (χ1n) is 6.35. The van der Waals surface area contributed by atoms with Crippen molar-refractivity contribution in [2.24, 2.45) is 11.1 Å². The second kappa shape index (κ2) is 4.05. The summed E-state index contributed by atoms with van der Waals surface area (Å²) in [5, 5.41) is 0. The van der Waals surface area contributed by atoms with E-state index in [1.54, 1.807) is 0 Å². The van der Waals surface area contributed by atoms with Crippen molar-refractivity contribution in [2.45, 2.75) is 25.7 Å². The van der Waals surface area contributed by atoms with Gasteiger partial charge in [0.15, 0.2) is 0 Å². The predicted molar refractivity (Wildman–Crippen MR) is 75.6 cm³/mol. The molecule has 1 aromatic carbocycles. The number of amides is 1. The van der Waals surface area contributed by atoms with Gasteiger partial charge in [0.2, 0.25) is 5.91 Å². The Labute approximate surface area is 112 Å². The van der Waals surface area contributed by atoms with Crippen molar-refractivity contribution in [3.8, 4) is 0 Å². The van der Waals surface area contributed by atoms with Crippen LogP contribution in [0.25, 0.3) is 0 Å². The van der Waals surface area contributed by atoms with Crippen LogP contribution >= 0.6 is 12.2 Å². The molecular weight excluding hydrogens is 244 g/mol. The van der Waals surface area contributed by atoms with E-state index in [-0.39, 0.29) is 5.91 Å². The van der Waals surface area contributed by atoms with Crippen molar-refractivity contribution >= 4 is 28.8 Å². The molecule has 0 radical (unpaired) electrons. The van der Waals surface area contributed by atoms with Gasteiger partial charge in [-0.1, -0.05) is 36.8 Å². The van der Waals surface area contributed by atoms with Gasteiger partial charge in [0, 0.05) is 12.2 Å². The minimum Gasteiger partial charge on any atom is -0.392 e. The zero-order chi connectivity index (χ0) is 12.8. The third kappa shape index (κ3) is 1.48. The third-order valence-corrected chi connectivity index (χ3v) is 4.61. The van der Waals surface area contributed by atoms with E-state index in [9.17, 15) is 4.79 Å². The highest BCUT2D eigenvalue weighted by Gasteiger charge is 2.49. The molecule has 1 aromatic rings. The molecule has 3 nitrogen and oxygen atoms in total. The number of nitrogens with zero attached hydrogens (tertiary/aromatic N) is 1. The van der Waals surface area contributed by atoms with Crippen LogP contribution in [0.15, 0.2) is 24.3 Å². The summed E-state index contributed by atoms with van der Waals surface area (Å²) >= 11 is 5.12. The highest BCUT2D eigenvalue weighted by Crippen LogP contribution is 2.44. The van der Waals surface area contributed by atoms with Crippen molar-refractivity contribution in [3.63, 3.8) is 0 Å². The number of rotatable bonds is 2. The van der Waals surface area contributed by atoms with Crippen LogP contribution in [0.2, 0.25) is 0 Å². The Hall–Kier alpha value is -1.42. The molecule has 3 rings (SSSR count). The van der Waals surface area contributed by atoms with Crippen LogP contribution < -0.4 is 10.6 Å². The maximum Gasteiger partial charge on any atom is 0.240 e. The molecule has 1 aliphatic heterocycles. The molecule has 94 valence electrons. The number of nitrogens with two attached hydrogens (primary N) is 1. The van der Waals surface area contributed by atoms with Gasteiger partial charge < -0.3 is 10.6 Å². The largest absolute Gasteiger partial charge is 0.392 e. The maximum atomic E-state index is 12.7. The molecular formula is C14H16N2OS. The number of thiocarbonyl (C=S) groups is 1. The molecule has 18 heavy (non-hydrogen) atoms. The standard InChI is InChI=1S/C14H16N2OS/c15-12(18)14(7-3-8-14)13(17)16-9-6-10-4-1-2-5-11(10)16/h1-2,4-5H,3,6-9H2,(H2,15,18).